The molecule has 0 spiro atoms. The average molecular weight is 252 g/mol. The van der Waals surface area contributed by atoms with Crippen molar-refractivity contribution in [2.24, 2.45) is 5.14 Å². The molecular formula is C12H16N2O2S. The number of primary sulfonamides is 1. The van der Waals surface area contributed by atoms with Crippen molar-refractivity contribution in [2.45, 2.75) is 24.8 Å². The topological polar surface area (TPSA) is 73.0 Å². The summed E-state index contributed by atoms with van der Waals surface area (Å²) in [5.74, 6) is 0. The Kier molecular flexibility index (Phi) is 4.60. The largest absolute Gasteiger partial charge is 0.256 e. The van der Waals surface area contributed by atoms with Gasteiger partial charge in [-0.3, -0.25) is 0 Å². The molecule has 0 aliphatic heterocycles. The third kappa shape index (κ3) is 3.51. The van der Waals surface area contributed by atoms with Crippen LogP contribution in [0, 0.1) is 0 Å². The minimum Gasteiger partial charge on any atom is -0.243 e. The summed E-state index contributed by atoms with van der Waals surface area (Å²) in [5.41, 5.74) is 1.24. The van der Waals surface area contributed by atoms with Crippen LogP contribution < -0.4 is 5.14 Å². The van der Waals surface area contributed by atoms with Crippen molar-refractivity contribution < 1.29 is 8.42 Å². The minimum absolute atomic E-state index is 0.109. The highest BCUT2D eigenvalue weighted by Gasteiger charge is 2.16. The molecule has 0 unspecified atom stereocenters. The molecule has 1 rings (SSSR count). The summed E-state index contributed by atoms with van der Waals surface area (Å²) in [6.07, 6.45) is 6.77. The maximum Gasteiger partial charge on any atom is 0.256 e. The molecule has 0 saturated carbocycles. The summed E-state index contributed by atoms with van der Waals surface area (Å²) >= 11 is 0. The highest BCUT2D eigenvalue weighted by Crippen LogP contribution is 2.22. The van der Waals surface area contributed by atoms with E-state index >= 15 is 0 Å². The number of pyridine rings is 1. The predicted octanol–water partition coefficient (Wildman–Crippen LogP) is 2.10. The number of rotatable bonds is 5. The standard InChI is InChI=1S/C12H16N2O2S/c1-3-5-7-10(4-2)11-8-6-9-14-12(11)17(13,15)16/h4,6-9H,2-3,5H2,1H3,(H2,13,15,16)/b10-7-. The van der Waals surface area contributed by atoms with Gasteiger partial charge >= 0.3 is 0 Å². The lowest BCUT2D eigenvalue weighted by molar-refractivity contribution is 0.594. The second kappa shape index (κ2) is 5.75. The van der Waals surface area contributed by atoms with Crippen LogP contribution in [-0.4, -0.2) is 13.4 Å². The maximum absolute atomic E-state index is 11.4. The van der Waals surface area contributed by atoms with Crippen LogP contribution in [0.2, 0.25) is 0 Å². The number of hydrogen-bond donors (Lipinski definition) is 1. The van der Waals surface area contributed by atoms with Gasteiger partial charge in [-0.2, -0.15) is 0 Å². The number of aromatic nitrogens is 1. The molecule has 92 valence electrons. The van der Waals surface area contributed by atoms with E-state index in [1.807, 2.05) is 13.0 Å². The number of nitrogens with zero attached hydrogens (tertiary/aromatic N) is 1. The molecule has 0 radical (unpaired) electrons. The highest BCUT2D eigenvalue weighted by atomic mass is 32.2. The third-order valence-corrected chi connectivity index (χ3v) is 3.09. The molecule has 0 bridgehead atoms. The molecule has 0 fully saturated rings. The number of sulfonamides is 1. The van der Waals surface area contributed by atoms with Crippen molar-refractivity contribution in [3.63, 3.8) is 0 Å². The summed E-state index contributed by atoms with van der Waals surface area (Å²) in [6.45, 7) is 5.72. The van der Waals surface area contributed by atoms with Gasteiger partial charge in [0.1, 0.15) is 0 Å². The predicted molar refractivity (Wildman–Crippen MR) is 68.7 cm³/mol. The maximum atomic E-state index is 11.4. The smallest absolute Gasteiger partial charge is 0.243 e. The van der Waals surface area contributed by atoms with Crippen molar-refractivity contribution in [3.05, 3.63) is 42.6 Å². The van der Waals surface area contributed by atoms with Crippen molar-refractivity contribution in [1.82, 2.24) is 4.98 Å². The first-order valence-electron chi connectivity index (χ1n) is 5.31. The second-order valence-electron chi connectivity index (χ2n) is 3.55. The quantitative estimate of drug-likeness (QED) is 0.815. The van der Waals surface area contributed by atoms with E-state index in [1.54, 1.807) is 18.2 Å². The molecule has 0 aliphatic rings. The summed E-state index contributed by atoms with van der Waals surface area (Å²) in [5, 5.41) is 5.02. The SMILES string of the molecule is C=C/C(=C/CCC)c1cccnc1S(N)(=O)=O. The first-order valence-corrected chi connectivity index (χ1v) is 6.86. The van der Waals surface area contributed by atoms with Gasteiger partial charge in [0, 0.05) is 11.8 Å². The van der Waals surface area contributed by atoms with Crippen LogP contribution in [0.1, 0.15) is 25.3 Å². The van der Waals surface area contributed by atoms with Gasteiger partial charge in [-0.25, -0.2) is 18.5 Å². The van der Waals surface area contributed by atoms with Crippen molar-refractivity contribution in [3.8, 4) is 0 Å². The molecule has 1 aromatic heterocycles. The molecule has 17 heavy (non-hydrogen) atoms. The van der Waals surface area contributed by atoms with E-state index in [9.17, 15) is 8.42 Å². The lowest BCUT2D eigenvalue weighted by atomic mass is 10.1. The van der Waals surface area contributed by atoms with Gasteiger partial charge < -0.3 is 0 Å². The first-order chi connectivity index (χ1) is 8.00. The zero-order valence-corrected chi connectivity index (χ0v) is 10.6. The van der Waals surface area contributed by atoms with E-state index in [0.717, 1.165) is 18.4 Å². The van der Waals surface area contributed by atoms with E-state index in [1.165, 1.54) is 6.20 Å². The Morgan fingerprint density at radius 1 is 1.59 bits per heavy atom. The van der Waals surface area contributed by atoms with E-state index < -0.39 is 10.0 Å². The van der Waals surface area contributed by atoms with E-state index in [2.05, 4.69) is 11.6 Å². The number of hydrogen-bond acceptors (Lipinski definition) is 3. The van der Waals surface area contributed by atoms with Crippen LogP contribution in [0.4, 0.5) is 0 Å². The van der Waals surface area contributed by atoms with E-state index in [4.69, 9.17) is 5.14 Å². The average Bonchev–Trinajstić information content (AvgIpc) is 2.29. The lowest BCUT2D eigenvalue weighted by Gasteiger charge is -2.07. The fourth-order valence-corrected chi connectivity index (χ4v) is 2.14. The number of nitrogens with two attached hydrogens (primary N) is 1. The molecule has 1 aromatic rings. The van der Waals surface area contributed by atoms with Crippen LogP contribution in [-0.2, 0) is 10.0 Å². The van der Waals surface area contributed by atoms with Crippen LogP contribution in [0.15, 0.2) is 42.1 Å². The number of unbranched alkanes of at least 4 members (excludes halogenated alkanes) is 1. The highest BCUT2D eigenvalue weighted by molar-refractivity contribution is 7.89. The summed E-state index contributed by atoms with van der Waals surface area (Å²) in [7, 11) is -3.81. The van der Waals surface area contributed by atoms with Gasteiger partial charge in [0.2, 0.25) is 0 Å². The Hall–Kier alpha value is -1.46. The molecule has 0 aromatic carbocycles. The van der Waals surface area contributed by atoms with Crippen molar-refractivity contribution in [1.29, 1.82) is 0 Å². The summed E-state index contributed by atoms with van der Waals surface area (Å²) < 4.78 is 22.8. The molecule has 2 N–H and O–H groups in total. The summed E-state index contributed by atoms with van der Waals surface area (Å²) in [4.78, 5) is 3.83. The normalized spacial score (nSPS) is 12.5. The monoisotopic (exact) mass is 252 g/mol. The van der Waals surface area contributed by atoms with Gasteiger partial charge in [0.05, 0.1) is 0 Å². The Balaban J connectivity index is 3.35. The van der Waals surface area contributed by atoms with Gasteiger partial charge in [-0.1, -0.05) is 32.1 Å². The molecule has 5 heteroatoms. The van der Waals surface area contributed by atoms with Gasteiger partial charge in [0.25, 0.3) is 10.0 Å². The summed E-state index contributed by atoms with van der Waals surface area (Å²) in [6, 6.07) is 3.35. The zero-order valence-electron chi connectivity index (χ0n) is 9.76. The Morgan fingerprint density at radius 2 is 2.29 bits per heavy atom. The Bertz CT molecular complexity index is 533. The fraction of sp³-hybridized carbons (Fsp3) is 0.250. The van der Waals surface area contributed by atoms with Gasteiger partial charge in [0.15, 0.2) is 5.03 Å². The van der Waals surface area contributed by atoms with Gasteiger partial charge in [-0.15, -0.1) is 0 Å². The molecule has 0 amide bonds. The second-order valence-corrected chi connectivity index (χ2v) is 5.03. The van der Waals surface area contributed by atoms with Crippen LogP contribution in [0.3, 0.4) is 0 Å². The van der Waals surface area contributed by atoms with E-state index in [-0.39, 0.29) is 5.03 Å². The Morgan fingerprint density at radius 3 is 2.82 bits per heavy atom. The van der Waals surface area contributed by atoms with Crippen LogP contribution >= 0.6 is 0 Å². The van der Waals surface area contributed by atoms with Crippen LogP contribution in [0.5, 0.6) is 0 Å². The van der Waals surface area contributed by atoms with Crippen molar-refractivity contribution >= 4 is 15.6 Å². The molecular weight excluding hydrogens is 236 g/mol. The molecule has 0 aliphatic carbocycles. The lowest BCUT2D eigenvalue weighted by Crippen LogP contribution is -2.16. The van der Waals surface area contributed by atoms with Crippen LogP contribution in [0.25, 0.3) is 5.57 Å². The minimum atomic E-state index is -3.81. The number of allylic oxidation sites excluding steroid dienone is 3. The fourth-order valence-electron chi connectivity index (χ4n) is 1.44. The third-order valence-electron chi connectivity index (χ3n) is 2.22. The van der Waals surface area contributed by atoms with Crippen molar-refractivity contribution in [2.75, 3.05) is 0 Å². The molecule has 0 atom stereocenters. The molecule has 1 heterocycles. The molecule has 4 nitrogen and oxygen atoms in total. The Labute approximate surface area is 102 Å². The molecule has 0 saturated heterocycles. The van der Waals surface area contributed by atoms with E-state index in [0.29, 0.717) is 5.56 Å². The first kappa shape index (κ1) is 13.6. The zero-order chi connectivity index (χ0) is 12.9. The van der Waals surface area contributed by atoms with Gasteiger partial charge in [-0.05, 0) is 24.1 Å².